The van der Waals surface area contributed by atoms with E-state index < -0.39 is 0 Å². The SMILES string of the molecule is CNC(c1ccc(F)cn1)c1cccc2ccccc12. The number of benzene rings is 2. The van der Waals surface area contributed by atoms with Crippen molar-refractivity contribution < 1.29 is 4.39 Å². The molecule has 0 saturated carbocycles. The molecule has 0 spiro atoms. The minimum Gasteiger partial charge on any atom is -0.308 e. The zero-order valence-electron chi connectivity index (χ0n) is 11.2. The number of rotatable bonds is 3. The second-order valence-electron chi connectivity index (χ2n) is 4.69. The topological polar surface area (TPSA) is 24.9 Å². The monoisotopic (exact) mass is 266 g/mol. The van der Waals surface area contributed by atoms with Crippen LogP contribution in [0.4, 0.5) is 4.39 Å². The van der Waals surface area contributed by atoms with E-state index in [1.165, 1.54) is 23.0 Å². The van der Waals surface area contributed by atoms with E-state index in [9.17, 15) is 4.39 Å². The Morgan fingerprint density at radius 2 is 1.80 bits per heavy atom. The minimum absolute atomic E-state index is 0.0540. The summed E-state index contributed by atoms with van der Waals surface area (Å²) in [5.74, 6) is -0.318. The van der Waals surface area contributed by atoms with Gasteiger partial charge in [-0.1, -0.05) is 42.5 Å². The van der Waals surface area contributed by atoms with E-state index in [-0.39, 0.29) is 11.9 Å². The van der Waals surface area contributed by atoms with Crippen molar-refractivity contribution in [1.82, 2.24) is 10.3 Å². The van der Waals surface area contributed by atoms with Gasteiger partial charge in [0.05, 0.1) is 17.9 Å². The second-order valence-corrected chi connectivity index (χ2v) is 4.69. The molecule has 1 heterocycles. The third-order valence-corrected chi connectivity index (χ3v) is 3.47. The Bertz CT molecular complexity index is 717. The minimum atomic E-state index is -0.318. The molecule has 0 saturated heterocycles. The van der Waals surface area contributed by atoms with Crippen molar-refractivity contribution in [1.29, 1.82) is 0 Å². The molecule has 0 fully saturated rings. The van der Waals surface area contributed by atoms with Gasteiger partial charge >= 0.3 is 0 Å². The zero-order chi connectivity index (χ0) is 13.9. The number of halogens is 1. The van der Waals surface area contributed by atoms with E-state index in [1.807, 2.05) is 25.2 Å². The summed E-state index contributed by atoms with van der Waals surface area (Å²) in [4.78, 5) is 4.20. The Morgan fingerprint density at radius 1 is 1.00 bits per heavy atom. The lowest BCUT2D eigenvalue weighted by Crippen LogP contribution is -2.19. The van der Waals surface area contributed by atoms with Crippen LogP contribution in [-0.2, 0) is 0 Å². The third-order valence-electron chi connectivity index (χ3n) is 3.47. The fourth-order valence-corrected chi connectivity index (χ4v) is 2.52. The lowest BCUT2D eigenvalue weighted by Gasteiger charge is -2.18. The molecule has 2 nitrogen and oxygen atoms in total. The highest BCUT2D eigenvalue weighted by atomic mass is 19.1. The molecule has 0 bridgehead atoms. The van der Waals surface area contributed by atoms with Crippen LogP contribution in [0.1, 0.15) is 17.3 Å². The highest BCUT2D eigenvalue weighted by Gasteiger charge is 2.15. The average Bonchev–Trinajstić information content (AvgIpc) is 2.50. The maximum absolute atomic E-state index is 13.0. The predicted molar refractivity (Wildman–Crippen MR) is 79.0 cm³/mol. The van der Waals surface area contributed by atoms with Gasteiger partial charge in [0.25, 0.3) is 0 Å². The van der Waals surface area contributed by atoms with Crippen LogP contribution in [0.5, 0.6) is 0 Å². The highest BCUT2D eigenvalue weighted by Crippen LogP contribution is 2.27. The summed E-state index contributed by atoms with van der Waals surface area (Å²) in [6.07, 6.45) is 1.25. The molecule has 20 heavy (non-hydrogen) atoms. The van der Waals surface area contributed by atoms with Crippen LogP contribution >= 0.6 is 0 Å². The summed E-state index contributed by atoms with van der Waals surface area (Å²) in [5, 5.41) is 5.63. The Kier molecular flexibility index (Phi) is 3.44. The standard InChI is InChI=1S/C17H15FN2/c1-19-17(16-10-9-13(18)11-20-16)15-8-4-6-12-5-2-3-7-14(12)15/h2-11,17,19H,1H3. The fourth-order valence-electron chi connectivity index (χ4n) is 2.52. The van der Waals surface area contributed by atoms with Gasteiger partial charge < -0.3 is 5.32 Å². The molecule has 0 aliphatic heterocycles. The van der Waals surface area contributed by atoms with Gasteiger partial charge in [0.1, 0.15) is 5.82 Å². The van der Waals surface area contributed by atoms with Crippen LogP contribution in [0, 0.1) is 5.82 Å². The molecule has 3 aromatic rings. The van der Waals surface area contributed by atoms with Gasteiger partial charge in [-0.05, 0) is 35.5 Å². The van der Waals surface area contributed by atoms with Gasteiger partial charge in [-0.2, -0.15) is 0 Å². The molecular formula is C17H15FN2. The quantitative estimate of drug-likeness (QED) is 0.782. The lowest BCUT2D eigenvalue weighted by atomic mass is 9.96. The first-order valence-corrected chi connectivity index (χ1v) is 6.56. The molecule has 1 N–H and O–H groups in total. The Morgan fingerprint density at radius 3 is 2.55 bits per heavy atom. The van der Waals surface area contributed by atoms with E-state index in [4.69, 9.17) is 0 Å². The Hall–Kier alpha value is -2.26. The summed E-state index contributed by atoms with van der Waals surface area (Å²) >= 11 is 0. The van der Waals surface area contributed by atoms with E-state index >= 15 is 0 Å². The number of hydrogen-bond donors (Lipinski definition) is 1. The molecule has 3 rings (SSSR count). The molecule has 3 heteroatoms. The molecule has 0 amide bonds. The van der Waals surface area contributed by atoms with Crippen molar-refractivity contribution in [3.8, 4) is 0 Å². The first-order valence-electron chi connectivity index (χ1n) is 6.56. The molecule has 2 aromatic carbocycles. The van der Waals surface area contributed by atoms with E-state index in [0.29, 0.717) is 0 Å². The van der Waals surface area contributed by atoms with Crippen molar-refractivity contribution in [2.75, 3.05) is 7.05 Å². The largest absolute Gasteiger partial charge is 0.308 e. The summed E-state index contributed by atoms with van der Waals surface area (Å²) < 4.78 is 13.0. The first-order chi connectivity index (χ1) is 9.79. The van der Waals surface area contributed by atoms with Crippen LogP contribution in [-0.4, -0.2) is 12.0 Å². The van der Waals surface area contributed by atoms with Gasteiger partial charge in [0.15, 0.2) is 0 Å². The van der Waals surface area contributed by atoms with E-state index in [1.54, 1.807) is 6.07 Å². The van der Waals surface area contributed by atoms with E-state index in [0.717, 1.165) is 11.3 Å². The maximum atomic E-state index is 13.0. The van der Waals surface area contributed by atoms with Gasteiger partial charge in [-0.3, -0.25) is 4.98 Å². The first kappa shape index (κ1) is 12.8. The molecule has 1 atom stereocenters. The number of aromatic nitrogens is 1. The van der Waals surface area contributed by atoms with Crippen LogP contribution in [0.25, 0.3) is 10.8 Å². The van der Waals surface area contributed by atoms with Crippen molar-refractivity contribution in [2.45, 2.75) is 6.04 Å². The van der Waals surface area contributed by atoms with Crippen molar-refractivity contribution in [2.24, 2.45) is 0 Å². The van der Waals surface area contributed by atoms with Crippen LogP contribution in [0.15, 0.2) is 60.8 Å². The van der Waals surface area contributed by atoms with Gasteiger partial charge in [-0.15, -0.1) is 0 Å². The lowest BCUT2D eigenvalue weighted by molar-refractivity contribution is 0.610. The fraction of sp³-hybridized carbons (Fsp3) is 0.118. The summed E-state index contributed by atoms with van der Waals surface area (Å²) in [6, 6.07) is 17.5. The van der Waals surface area contributed by atoms with Crippen molar-refractivity contribution in [3.05, 3.63) is 77.9 Å². The molecule has 0 aliphatic carbocycles. The smallest absolute Gasteiger partial charge is 0.141 e. The summed E-state index contributed by atoms with van der Waals surface area (Å²) in [7, 11) is 1.89. The van der Waals surface area contributed by atoms with Crippen molar-refractivity contribution >= 4 is 10.8 Å². The molecular weight excluding hydrogens is 251 g/mol. The molecule has 0 radical (unpaired) electrons. The number of nitrogens with one attached hydrogen (secondary N) is 1. The Labute approximate surface area is 117 Å². The van der Waals surface area contributed by atoms with Gasteiger partial charge in [0.2, 0.25) is 0 Å². The van der Waals surface area contributed by atoms with Gasteiger partial charge in [-0.25, -0.2) is 4.39 Å². The van der Waals surface area contributed by atoms with Crippen molar-refractivity contribution in [3.63, 3.8) is 0 Å². The third kappa shape index (κ3) is 2.28. The molecule has 100 valence electrons. The molecule has 1 unspecified atom stereocenters. The van der Waals surface area contributed by atoms with E-state index in [2.05, 4.69) is 34.6 Å². The number of pyridine rings is 1. The number of fused-ring (bicyclic) bond motifs is 1. The van der Waals surface area contributed by atoms with Crippen LogP contribution < -0.4 is 5.32 Å². The second kappa shape index (κ2) is 5.39. The summed E-state index contributed by atoms with van der Waals surface area (Å²) in [5.41, 5.74) is 1.95. The zero-order valence-corrected chi connectivity index (χ0v) is 11.2. The van der Waals surface area contributed by atoms with Crippen LogP contribution in [0.2, 0.25) is 0 Å². The maximum Gasteiger partial charge on any atom is 0.141 e. The predicted octanol–water partition coefficient (Wildman–Crippen LogP) is 3.68. The average molecular weight is 266 g/mol. The normalized spacial score (nSPS) is 12.5. The molecule has 1 aromatic heterocycles. The summed E-state index contributed by atoms with van der Waals surface area (Å²) in [6.45, 7) is 0. The number of hydrogen-bond acceptors (Lipinski definition) is 2. The molecule has 0 aliphatic rings. The highest BCUT2D eigenvalue weighted by molar-refractivity contribution is 5.86. The van der Waals surface area contributed by atoms with Crippen LogP contribution in [0.3, 0.4) is 0 Å². The van der Waals surface area contributed by atoms with Gasteiger partial charge in [0, 0.05) is 0 Å². The number of nitrogens with zero attached hydrogens (tertiary/aromatic N) is 1. The Balaban J connectivity index is 2.14.